The quantitative estimate of drug-likeness (QED) is 0.617. The van der Waals surface area contributed by atoms with Gasteiger partial charge in [0.15, 0.2) is 0 Å². The molecule has 30 heavy (non-hydrogen) atoms. The second-order valence-electron chi connectivity index (χ2n) is 8.84. The molecule has 4 heterocycles. The molecule has 1 aromatic rings. The lowest BCUT2D eigenvalue weighted by Crippen LogP contribution is -2.55. The van der Waals surface area contributed by atoms with Gasteiger partial charge in [0.1, 0.15) is 6.04 Å². The molecule has 2 bridgehead atoms. The van der Waals surface area contributed by atoms with Crippen LogP contribution in [0.2, 0.25) is 0 Å². The highest BCUT2D eigenvalue weighted by molar-refractivity contribution is 6.23. The molecule has 1 saturated carbocycles. The first kappa shape index (κ1) is 19.4. The molecule has 4 aliphatic heterocycles. The fourth-order valence-corrected chi connectivity index (χ4v) is 5.35. The first-order chi connectivity index (χ1) is 14.5. The van der Waals surface area contributed by atoms with Crippen molar-refractivity contribution in [1.29, 1.82) is 0 Å². The van der Waals surface area contributed by atoms with E-state index in [1.807, 2.05) is 6.07 Å². The molecule has 4 amide bonds. The molecule has 0 radical (unpaired) electrons. The van der Waals surface area contributed by atoms with Gasteiger partial charge in [0.2, 0.25) is 11.8 Å². The summed E-state index contributed by atoms with van der Waals surface area (Å²) in [7, 11) is 0. The zero-order chi connectivity index (χ0) is 20.8. The van der Waals surface area contributed by atoms with Crippen LogP contribution in [0.4, 0.5) is 0 Å². The Bertz CT molecular complexity index is 922. The summed E-state index contributed by atoms with van der Waals surface area (Å²) in [6.07, 6.45) is 5.46. The largest absolute Gasteiger partial charge is 0.311 e. The molecule has 5 aliphatic rings. The predicted octanol–water partition coefficient (Wildman–Crippen LogP) is 0.708. The molecule has 0 spiro atoms. The number of nitrogens with zero attached hydrogens (tertiary/aromatic N) is 1. The molecule has 2 atom stereocenters. The minimum absolute atomic E-state index is 0.121. The first-order valence-electron chi connectivity index (χ1n) is 10.8. The smallest absolute Gasteiger partial charge is 0.262 e. The molecule has 8 heteroatoms. The molecule has 1 aliphatic carbocycles. The highest BCUT2D eigenvalue weighted by Gasteiger charge is 2.44. The highest BCUT2D eigenvalue weighted by atomic mass is 16.2. The molecule has 1 aromatic carbocycles. The monoisotopic (exact) mass is 410 g/mol. The van der Waals surface area contributed by atoms with Gasteiger partial charge in [-0.25, -0.2) is 0 Å². The van der Waals surface area contributed by atoms with E-state index in [0.717, 1.165) is 22.9 Å². The molecule has 4 fully saturated rings. The van der Waals surface area contributed by atoms with Crippen molar-refractivity contribution in [3.8, 4) is 0 Å². The van der Waals surface area contributed by atoms with Crippen LogP contribution in [0.15, 0.2) is 18.2 Å². The van der Waals surface area contributed by atoms with E-state index in [2.05, 4.69) is 16.0 Å². The lowest BCUT2D eigenvalue weighted by Gasteiger charge is -2.43. The number of carbonyl (C=O) groups excluding carboxylic acids is 4. The summed E-state index contributed by atoms with van der Waals surface area (Å²) < 4.78 is 0. The molecule has 3 N–H and O–H groups in total. The van der Waals surface area contributed by atoms with E-state index in [1.165, 1.54) is 25.7 Å². The number of fused-ring (bicyclic) bond motifs is 4. The van der Waals surface area contributed by atoms with Gasteiger partial charge in [0.25, 0.3) is 11.8 Å². The van der Waals surface area contributed by atoms with Crippen molar-refractivity contribution >= 4 is 23.6 Å². The van der Waals surface area contributed by atoms with Crippen molar-refractivity contribution in [3.63, 3.8) is 0 Å². The molecule has 3 saturated heterocycles. The zero-order valence-electron chi connectivity index (χ0n) is 16.8. The standard InChI is InChI=1S/C22H26N4O4/c27-19-8-7-18(20(28)25-19)26-21(29)15-6-1-12(9-16(15)22(26)30)10-23-11-17-13-2-4-14(24-17)5-3-13/h1,6,9,13-14,17-18,23-24H,2-5,7-8,10-11H2,(H,25,27,28). The number of carbonyl (C=O) groups is 4. The fourth-order valence-electron chi connectivity index (χ4n) is 5.35. The summed E-state index contributed by atoms with van der Waals surface area (Å²) >= 11 is 0. The van der Waals surface area contributed by atoms with E-state index in [0.29, 0.717) is 29.8 Å². The van der Waals surface area contributed by atoms with Crippen molar-refractivity contribution < 1.29 is 19.2 Å². The Morgan fingerprint density at radius 2 is 1.73 bits per heavy atom. The lowest BCUT2D eigenvalue weighted by atomic mass is 9.76. The average molecular weight is 410 g/mol. The average Bonchev–Trinajstić information content (AvgIpc) is 2.99. The van der Waals surface area contributed by atoms with E-state index in [-0.39, 0.29) is 18.7 Å². The van der Waals surface area contributed by atoms with Crippen molar-refractivity contribution in [2.24, 2.45) is 5.92 Å². The van der Waals surface area contributed by atoms with Crippen molar-refractivity contribution in [2.75, 3.05) is 6.54 Å². The number of imide groups is 2. The maximum absolute atomic E-state index is 12.9. The molecule has 6 rings (SSSR count). The normalized spacial score (nSPS) is 30.6. The summed E-state index contributed by atoms with van der Waals surface area (Å²) in [4.78, 5) is 50.2. The Balaban J connectivity index is 1.24. The minimum Gasteiger partial charge on any atom is -0.311 e. The van der Waals surface area contributed by atoms with Gasteiger partial charge >= 0.3 is 0 Å². The Hall–Kier alpha value is -2.58. The van der Waals surface area contributed by atoms with Crippen LogP contribution < -0.4 is 16.0 Å². The fraction of sp³-hybridized carbons (Fsp3) is 0.545. The van der Waals surface area contributed by atoms with Crippen LogP contribution in [0.25, 0.3) is 0 Å². The van der Waals surface area contributed by atoms with E-state index in [4.69, 9.17) is 0 Å². The van der Waals surface area contributed by atoms with Crippen LogP contribution in [0.3, 0.4) is 0 Å². The first-order valence-corrected chi connectivity index (χ1v) is 10.8. The summed E-state index contributed by atoms with van der Waals surface area (Å²) in [5.41, 5.74) is 1.58. The molecule has 0 aromatic heterocycles. The van der Waals surface area contributed by atoms with Crippen molar-refractivity contribution in [2.45, 2.75) is 63.2 Å². The third-order valence-electron chi connectivity index (χ3n) is 6.99. The van der Waals surface area contributed by atoms with Gasteiger partial charge in [-0.05, 0) is 55.7 Å². The molecule has 8 nitrogen and oxygen atoms in total. The third kappa shape index (κ3) is 3.33. The number of hydrogen-bond acceptors (Lipinski definition) is 6. The zero-order valence-corrected chi connectivity index (χ0v) is 16.8. The van der Waals surface area contributed by atoms with Crippen LogP contribution in [0.5, 0.6) is 0 Å². The van der Waals surface area contributed by atoms with E-state index < -0.39 is 23.8 Å². The molecule has 158 valence electrons. The summed E-state index contributed by atoms with van der Waals surface area (Å²) in [6, 6.07) is 5.49. The Kier molecular flexibility index (Phi) is 4.91. The van der Waals surface area contributed by atoms with Crippen LogP contribution in [0.1, 0.15) is 64.8 Å². The van der Waals surface area contributed by atoms with Crippen molar-refractivity contribution in [3.05, 3.63) is 34.9 Å². The maximum atomic E-state index is 12.9. The van der Waals surface area contributed by atoms with Gasteiger partial charge in [0.05, 0.1) is 11.1 Å². The lowest BCUT2D eigenvalue weighted by molar-refractivity contribution is -0.136. The Morgan fingerprint density at radius 3 is 2.43 bits per heavy atom. The van der Waals surface area contributed by atoms with Gasteiger partial charge in [-0.15, -0.1) is 0 Å². The Morgan fingerprint density at radius 1 is 0.967 bits per heavy atom. The minimum atomic E-state index is -0.926. The second kappa shape index (κ2) is 7.59. The number of piperidine rings is 3. The number of amides is 4. The van der Waals surface area contributed by atoms with Gasteiger partial charge in [-0.1, -0.05) is 6.07 Å². The number of benzene rings is 1. The van der Waals surface area contributed by atoms with E-state index in [9.17, 15) is 19.2 Å². The number of rotatable bonds is 5. The maximum Gasteiger partial charge on any atom is 0.262 e. The summed E-state index contributed by atoms with van der Waals surface area (Å²) in [5.74, 6) is -1.15. The summed E-state index contributed by atoms with van der Waals surface area (Å²) in [5, 5.41) is 9.42. The van der Waals surface area contributed by atoms with E-state index >= 15 is 0 Å². The number of nitrogens with one attached hydrogen (secondary N) is 3. The van der Waals surface area contributed by atoms with Gasteiger partial charge in [-0.3, -0.25) is 29.4 Å². The second-order valence-corrected chi connectivity index (χ2v) is 8.84. The molecular formula is C22H26N4O4. The van der Waals surface area contributed by atoms with Gasteiger partial charge < -0.3 is 10.6 Å². The summed E-state index contributed by atoms with van der Waals surface area (Å²) in [6.45, 7) is 1.50. The third-order valence-corrected chi connectivity index (χ3v) is 6.99. The van der Waals surface area contributed by atoms with Gasteiger partial charge in [0, 0.05) is 31.6 Å². The van der Waals surface area contributed by atoms with Crippen LogP contribution in [-0.2, 0) is 16.1 Å². The van der Waals surface area contributed by atoms with Crippen LogP contribution in [-0.4, -0.2) is 53.2 Å². The molecular weight excluding hydrogens is 384 g/mol. The van der Waals surface area contributed by atoms with E-state index in [1.54, 1.807) is 12.1 Å². The number of hydrogen-bond donors (Lipinski definition) is 3. The van der Waals surface area contributed by atoms with Gasteiger partial charge in [-0.2, -0.15) is 0 Å². The highest BCUT2D eigenvalue weighted by Crippen LogP contribution is 2.33. The topological polar surface area (TPSA) is 108 Å². The van der Waals surface area contributed by atoms with Crippen LogP contribution in [0, 0.1) is 5.92 Å². The Labute approximate surface area is 174 Å². The SMILES string of the molecule is O=C1CCC(N2C(=O)c3ccc(CNCC4NC5CCC4CC5)cc3C2=O)C(=O)N1. The van der Waals surface area contributed by atoms with Crippen LogP contribution >= 0.6 is 0 Å². The molecule has 2 unspecified atom stereocenters. The van der Waals surface area contributed by atoms with Crippen molar-refractivity contribution in [1.82, 2.24) is 20.9 Å². The predicted molar refractivity (Wildman–Crippen MR) is 107 cm³/mol.